The van der Waals surface area contributed by atoms with Crippen LogP contribution < -0.4 is 0 Å². The summed E-state index contributed by atoms with van der Waals surface area (Å²) in [5.41, 5.74) is -0.0796. The molecule has 0 aromatic carbocycles. The zero-order valence-corrected chi connectivity index (χ0v) is 8.22. The van der Waals surface area contributed by atoms with E-state index in [1.807, 2.05) is 13.8 Å². The van der Waals surface area contributed by atoms with Crippen molar-refractivity contribution in [3.8, 4) is 0 Å². The first-order chi connectivity index (χ1) is 5.52. The van der Waals surface area contributed by atoms with Crippen LogP contribution in [0.5, 0.6) is 0 Å². The Balaban J connectivity index is 2.74. The van der Waals surface area contributed by atoms with Crippen LogP contribution in [0.15, 0.2) is 0 Å². The lowest BCUT2D eigenvalue weighted by atomic mass is 9.63. The number of ether oxygens (including phenoxy) is 1. The van der Waals surface area contributed by atoms with Crippen LogP contribution in [0.3, 0.4) is 0 Å². The average molecular weight is 170 g/mol. The van der Waals surface area contributed by atoms with Gasteiger partial charge in [0, 0.05) is 18.6 Å². The van der Waals surface area contributed by atoms with Crippen molar-refractivity contribution in [1.29, 1.82) is 0 Å². The fourth-order valence-electron chi connectivity index (χ4n) is 1.61. The van der Waals surface area contributed by atoms with Crippen molar-refractivity contribution in [2.75, 3.05) is 13.2 Å². The molecule has 0 atom stereocenters. The fourth-order valence-corrected chi connectivity index (χ4v) is 1.61. The van der Waals surface area contributed by atoms with Crippen molar-refractivity contribution in [2.45, 2.75) is 33.6 Å². The minimum absolute atomic E-state index is 0.132. The van der Waals surface area contributed by atoms with E-state index in [2.05, 4.69) is 6.92 Å². The minimum Gasteiger partial charge on any atom is -0.381 e. The van der Waals surface area contributed by atoms with E-state index in [0.29, 0.717) is 0 Å². The minimum atomic E-state index is -0.212. The molecule has 0 saturated carbocycles. The van der Waals surface area contributed by atoms with E-state index in [4.69, 9.17) is 4.74 Å². The van der Waals surface area contributed by atoms with E-state index >= 15 is 0 Å². The number of aldehydes is 1. The Morgan fingerprint density at radius 2 is 1.83 bits per heavy atom. The summed E-state index contributed by atoms with van der Waals surface area (Å²) in [5.74, 6) is 0. The highest BCUT2D eigenvalue weighted by Gasteiger charge is 2.41. The SMILES string of the molecule is CC(C)(C=O)C1(C)CCOCC1. The summed E-state index contributed by atoms with van der Waals surface area (Å²) in [6.07, 6.45) is 3.08. The molecule has 1 saturated heterocycles. The maximum absolute atomic E-state index is 10.9. The highest BCUT2D eigenvalue weighted by Crippen LogP contribution is 2.44. The van der Waals surface area contributed by atoms with Crippen LogP contribution in [0.1, 0.15) is 33.6 Å². The summed E-state index contributed by atoms with van der Waals surface area (Å²) in [4.78, 5) is 10.9. The molecule has 1 aliphatic rings. The van der Waals surface area contributed by atoms with Gasteiger partial charge in [-0.2, -0.15) is 0 Å². The number of rotatable bonds is 2. The molecule has 0 N–H and O–H groups in total. The maximum atomic E-state index is 10.9. The van der Waals surface area contributed by atoms with E-state index in [0.717, 1.165) is 32.3 Å². The Morgan fingerprint density at radius 1 is 1.33 bits per heavy atom. The Labute approximate surface area is 74.3 Å². The second-order valence-corrected chi connectivity index (χ2v) is 4.51. The highest BCUT2D eigenvalue weighted by molar-refractivity contribution is 5.59. The van der Waals surface area contributed by atoms with Gasteiger partial charge in [-0.3, -0.25) is 0 Å². The Kier molecular flexibility index (Phi) is 2.57. The van der Waals surface area contributed by atoms with Gasteiger partial charge < -0.3 is 9.53 Å². The van der Waals surface area contributed by atoms with Crippen molar-refractivity contribution < 1.29 is 9.53 Å². The molecule has 2 heteroatoms. The number of hydrogen-bond donors (Lipinski definition) is 0. The van der Waals surface area contributed by atoms with Gasteiger partial charge in [0.05, 0.1) is 0 Å². The molecule has 1 rings (SSSR count). The van der Waals surface area contributed by atoms with Gasteiger partial charge >= 0.3 is 0 Å². The molecule has 1 aliphatic heterocycles. The molecule has 12 heavy (non-hydrogen) atoms. The first kappa shape index (κ1) is 9.72. The van der Waals surface area contributed by atoms with E-state index < -0.39 is 0 Å². The van der Waals surface area contributed by atoms with Crippen molar-refractivity contribution in [1.82, 2.24) is 0 Å². The van der Waals surface area contributed by atoms with Crippen molar-refractivity contribution in [2.24, 2.45) is 10.8 Å². The van der Waals surface area contributed by atoms with Crippen molar-refractivity contribution in [3.05, 3.63) is 0 Å². The molecule has 0 aromatic heterocycles. The lowest BCUT2D eigenvalue weighted by molar-refractivity contribution is -0.125. The summed E-state index contributed by atoms with van der Waals surface area (Å²) < 4.78 is 5.29. The summed E-state index contributed by atoms with van der Waals surface area (Å²) in [7, 11) is 0. The molecule has 0 bridgehead atoms. The topological polar surface area (TPSA) is 26.3 Å². The van der Waals surface area contributed by atoms with Gasteiger partial charge in [0.15, 0.2) is 0 Å². The predicted molar refractivity (Wildman–Crippen MR) is 48.0 cm³/mol. The van der Waals surface area contributed by atoms with Crippen molar-refractivity contribution in [3.63, 3.8) is 0 Å². The third-order valence-corrected chi connectivity index (χ3v) is 3.45. The fraction of sp³-hybridized carbons (Fsp3) is 0.900. The summed E-state index contributed by atoms with van der Waals surface area (Å²) >= 11 is 0. The standard InChI is InChI=1S/C10H18O2/c1-9(2,8-11)10(3)4-6-12-7-5-10/h8H,4-7H2,1-3H3. The van der Waals surface area contributed by atoms with Crippen LogP contribution >= 0.6 is 0 Å². The summed E-state index contributed by atoms with van der Waals surface area (Å²) in [6, 6.07) is 0. The van der Waals surface area contributed by atoms with Crippen LogP contribution in [-0.2, 0) is 9.53 Å². The highest BCUT2D eigenvalue weighted by atomic mass is 16.5. The number of carbonyl (C=O) groups excluding carboxylic acids is 1. The average Bonchev–Trinajstić information content (AvgIpc) is 2.06. The van der Waals surface area contributed by atoms with Crippen LogP contribution in [0.4, 0.5) is 0 Å². The maximum Gasteiger partial charge on any atom is 0.126 e. The second-order valence-electron chi connectivity index (χ2n) is 4.51. The zero-order chi connectivity index (χ0) is 9.24. The molecular formula is C10H18O2. The quantitative estimate of drug-likeness (QED) is 0.593. The zero-order valence-electron chi connectivity index (χ0n) is 8.22. The van der Waals surface area contributed by atoms with E-state index in [1.54, 1.807) is 0 Å². The predicted octanol–water partition coefficient (Wildman–Crippen LogP) is 2.03. The molecule has 0 aliphatic carbocycles. The molecule has 2 nitrogen and oxygen atoms in total. The monoisotopic (exact) mass is 170 g/mol. The smallest absolute Gasteiger partial charge is 0.126 e. The van der Waals surface area contributed by atoms with Crippen molar-refractivity contribution >= 4 is 6.29 Å². The second kappa shape index (κ2) is 3.17. The van der Waals surface area contributed by atoms with Crippen LogP contribution in [0.25, 0.3) is 0 Å². The Bertz CT molecular complexity index is 167. The molecule has 0 radical (unpaired) electrons. The van der Waals surface area contributed by atoms with Crippen LogP contribution in [0.2, 0.25) is 0 Å². The first-order valence-electron chi connectivity index (χ1n) is 4.56. The van der Waals surface area contributed by atoms with E-state index in [9.17, 15) is 4.79 Å². The third kappa shape index (κ3) is 1.53. The molecule has 0 aromatic rings. The van der Waals surface area contributed by atoms with Gasteiger partial charge in [0.25, 0.3) is 0 Å². The normalized spacial score (nSPS) is 23.6. The Hall–Kier alpha value is -0.370. The van der Waals surface area contributed by atoms with E-state index in [1.165, 1.54) is 0 Å². The lowest BCUT2D eigenvalue weighted by Crippen LogP contribution is -2.41. The number of hydrogen-bond acceptors (Lipinski definition) is 2. The largest absolute Gasteiger partial charge is 0.381 e. The van der Waals surface area contributed by atoms with Gasteiger partial charge in [-0.15, -0.1) is 0 Å². The van der Waals surface area contributed by atoms with E-state index in [-0.39, 0.29) is 10.8 Å². The van der Waals surface area contributed by atoms with Gasteiger partial charge in [0.1, 0.15) is 6.29 Å². The molecular weight excluding hydrogens is 152 g/mol. The van der Waals surface area contributed by atoms with Gasteiger partial charge in [0.2, 0.25) is 0 Å². The molecule has 1 heterocycles. The number of carbonyl (C=O) groups is 1. The van der Waals surface area contributed by atoms with Gasteiger partial charge in [-0.1, -0.05) is 20.8 Å². The molecule has 70 valence electrons. The van der Waals surface area contributed by atoms with Crippen LogP contribution in [-0.4, -0.2) is 19.5 Å². The molecule has 1 fully saturated rings. The molecule has 0 spiro atoms. The molecule has 0 amide bonds. The van der Waals surface area contributed by atoms with Crippen LogP contribution in [0, 0.1) is 10.8 Å². The van der Waals surface area contributed by atoms with Gasteiger partial charge in [-0.25, -0.2) is 0 Å². The summed E-state index contributed by atoms with van der Waals surface area (Å²) in [6.45, 7) is 7.82. The first-order valence-corrected chi connectivity index (χ1v) is 4.56. The lowest BCUT2D eigenvalue weighted by Gasteiger charge is -2.43. The Morgan fingerprint density at radius 3 is 2.25 bits per heavy atom. The third-order valence-electron chi connectivity index (χ3n) is 3.45. The summed E-state index contributed by atoms with van der Waals surface area (Å²) in [5, 5.41) is 0. The molecule has 0 unspecified atom stereocenters. The van der Waals surface area contributed by atoms with Gasteiger partial charge in [-0.05, 0) is 18.3 Å².